The number of phenols is 1. The maximum Gasteiger partial charge on any atom is 0.131 e. The Balaban J connectivity index is 2.01. The lowest BCUT2D eigenvalue weighted by molar-refractivity contribution is 0.435. The summed E-state index contributed by atoms with van der Waals surface area (Å²) in [6.07, 6.45) is 0. The van der Waals surface area contributed by atoms with Crippen molar-refractivity contribution < 1.29 is 13.9 Å². The molecule has 0 spiro atoms. The van der Waals surface area contributed by atoms with E-state index in [-0.39, 0.29) is 11.8 Å². The molecule has 1 aromatic heterocycles. The van der Waals surface area contributed by atoms with E-state index in [1.807, 2.05) is 26.0 Å². The monoisotopic (exact) mass is 249 g/mol. The molecule has 1 heterocycles. The van der Waals surface area contributed by atoms with Crippen LogP contribution in [0.1, 0.15) is 30.0 Å². The SMILES string of the molecule is Cc1ccc(CNC(C)c2ccc(O)cc2F)o1. The summed E-state index contributed by atoms with van der Waals surface area (Å²) in [4.78, 5) is 0. The van der Waals surface area contributed by atoms with Crippen LogP contribution in [-0.2, 0) is 6.54 Å². The molecule has 0 amide bonds. The van der Waals surface area contributed by atoms with Gasteiger partial charge in [0.25, 0.3) is 0 Å². The van der Waals surface area contributed by atoms with Gasteiger partial charge in [0.2, 0.25) is 0 Å². The molecule has 96 valence electrons. The molecule has 2 rings (SSSR count). The van der Waals surface area contributed by atoms with Gasteiger partial charge in [0.05, 0.1) is 6.54 Å². The third-order valence-electron chi connectivity index (χ3n) is 2.83. The van der Waals surface area contributed by atoms with E-state index in [0.717, 1.165) is 17.6 Å². The van der Waals surface area contributed by atoms with Crippen molar-refractivity contribution in [3.63, 3.8) is 0 Å². The Kier molecular flexibility index (Phi) is 3.67. The zero-order chi connectivity index (χ0) is 13.1. The molecule has 3 nitrogen and oxygen atoms in total. The van der Waals surface area contributed by atoms with Crippen molar-refractivity contribution in [2.45, 2.75) is 26.4 Å². The van der Waals surface area contributed by atoms with E-state index in [2.05, 4.69) is 5.32 Å². The molecule has 0 aliphatic rings. The minimum Gasteiger partial charge on any atom is -0.508 e. The fraction of sp³-hybridized carbons (Fsp3) is 0.286. The minimum atomic E-state index is -0.411. The number of nitrogens with one attached hydrogen (secondary N) is 1. The summed E-state index contributed by atoms with van der Waals surface area (Å²) in [7, 11) is 0. The summed E-state index contributed by atoms with van der Waals surface area (Å²) in [6.45, 7) is 4.28. The second-order valence-electron chi connectivity index (χ2n) is 4.32. The molecule has 1 aromatic carbocycles. The maximum atomic E-state index is 13.6. The lowest BCUT2D eigenvalue weighted by Crippen LogP contribution is -2.18. The second-order valence-corrected chi connectivity index (χ2v) is 4.32. The molecule has 0 saturated carbocycles. The van der Waals surface area contributed by atoms with Gasteiger partial charge in [-0.05, 0) is 32.0 Å². The molecule has 0 radical (unpaired) electrons. The van der Waals surface area contributed by atoms with Crippen molar-refractivity contribution in [3.05, 3.63) is 53.2 Å². The van der Waals surface area contributed by atoms with E-state index in [0.29, 0.717) is 12.1 Å². The van der Waals surface area contributed by atoms with Gasteiger partial charge in [-0.3, -0.25) is 0 Å². The van der Waals surface area contributed by atoms with Crippen molar-refractivity contribution in [1.82, 2.24) is 5.32 Å². The molecule has 18 heavy (non-hydrogen) atoms. The fourth-order valence-electron chi connectivity index (χ4n) is 1.81. The highest BCUT2D eigenvalue weighted by atomic mass is 19.1. The number of aromatic hydroxyl groups is 1. The van der Waals surface area contributed by atoms with E-state index in [1.165, 1.54) is 6.07 Å². The number of benzene rings is 1. The molecular weight excluding hydrogens is 233 g/mol. The third-order valence-corrected chi connectivity index (χ3v) is 2.83. The summed E-state index contributed by atoms with van der Waals surface area (Å²) in [6, 6.07) is 7.80. The van der Waals surface area contributed by atoms with Gasteiger partial charge < -0.3 is 14.8 Å². The van der Waals surface area contributed by atoms with E-state index < -0.39 is 5.82 Å². The molecular formula is C14H16FNO2. The quantitative estimate of drug-likeness (QED) is 0.874. The smallest absolute Gasteiger partial charge is 0.131 e. The van der Waals surface area contributed by atoms with E-state index in [1.54, 1.807) is 6.07 Å². The van der Waals surface area contributed by atoms with E-state index >= 15 is 0 Å². The molecule has 2 aromatic rings. The van der Waals surface area contributed by atoms with Gasteiger partial charge in [-0.2, -0.15) is 0 Å². The van der Waals surface area contributed by atoms with Crippen LogP contribution in [-0.4, -0.2) is 5.11 Å². The predicted molar refractivity (Wildman–Crippen MR) is 66.8 cm³/mol. The summed E-state index contributed by atoms with van der Waals surface area (Å²) < 4.78 is 19.0. The molecule has 0 aliphatic carbocycles. The zero-order valence-electron chi connectivity index (χ0n) is 10.4. The first-order valence-electron chi connectivity index (χ1n) is 5.83. The largest absolute Gasteiger partial charge is 0.508 e. The number of halogens is 1. The molecule has 0 aliphatic heterocycles. The van der Waals surface area contributed by atoms with Crippen molar-refractivity contribution in [1.29, 1.82) is 0 Å². The van der Waals surface area contributed by atoms with Crippen LogP contribution in [0.3, 0.4) is 0 Å². The molecule has 0 saturated heterocycles. The zero-order valence-corrected chi connectivity index (χ0v) is 10.4. The lowest BCUT2D eigenvalue weighted by atomic mass is 10.1. The molecule has 0 bridgehead atoms. The Morgan fingerprint density at radius 1 is 1.33 bits per heavy atom. The van der Waals surface area contributed by atoms with Crippen LogP contribution in [0.4, 0.5) is 4.39 Å². The fourth-order valence-corrected chi connectivity index (χ4v) is 1.81. The molecule has 1 unspecified atom stereocenters. The van der Waals surface area contributed by atoms with Crippen molar-refractivity contribution >= 4 is 0 Å². The highest BCUT2D eigenvalue weighted by Gasteiger charge is 2.11. The average Bonchev–Trinajstić information content (AvgIpc) is 2.72. The van der Waals surface area contributed by atoms with Crippen LogP contribution >= 0.6 is 0 Å². The van der Waals surface area contributed by atoms with Gasteiger partial charge in [-0.1, -0.05) is 6.07 Å². The minimum absolute atomic E-state index is 0.0647. The number of furan rings is 1. The van der Waals surface area contributed by atoms with Crippen LogP contribution in [0.2, 0.25) is 0 Å². The summed E-state index contributed by atoms with van der Waals surface area (Å²) in [5.41, 5.74) is 0.524. The number of hydrogen-bond donors (Lipinski definition) is 2. The summed E-state index contributed by atoms with van der Waals surface area (Å²) in [5.74, 6) is 1.20. The Labute approximate surface area is 105 Å². The Bertz CT molecular complexity index is 536. The van der Waals surface area contributed by atoms with Gasteiger partial charge in [0, 0.05) is 17.7 Å². The van der Waals surface area contributed by atoms with Crippen molar-refractivity contribution in [2.75, 3.05) is 0 Å². The highest BCUT2D eigenvalue weighted by Crippen LogP contribution is 2.21. The maximum absolute atomic E-state index is 13.6. The third kappa shape index (κ3) is 2.90. The predicted octanol–water partition coefficient (Wildman–Crippen LogP) is 3.28. The lowest BCUT2D eigenvalue weighted by Gasteiger charge is -2.14. The number of aryl methyl sites for hydroxylation is 1. The summed E-state index contributed by atoms with van der Waals surface area (Å²) >= 11 is 0. The second kappa shape index (κ2) is 5.23. The van der Waals surface area contributed by atoms with Crippen molar-refractivity contribution in [3.8, 4) is 5.75 Å². The highest BCUT2D eigenvalue weighted by molar-refractivity contribution is 5.29. The topological polar surface area (TPSA) is 45.4 Å². The van der Waals surface area contributed by atoms with Crippen LogP contribution in [0.15, 0.2) is 34.7 Å². The average molecular weight is 249 g/mol. The van der Waals surface area contributed by atoms with Crippen molar-refractivity contribution in [2.24, 2.45) is 0 Å². The van der Waals surface area contributed by atoms with Crippen LogP contribution in [0, 0.1) is 12.7 Å². The molecule has 2 N–H and O–H groups in total. The normalized spacial score (nSPS) is 12.6. The van der Waals surface area contributed by atoms with Gasteiger partial charge in [-0.25, -0.2) is 4.39 Å². The Morgan fingerprint density at radius 2 is 2.11 bits per heavy atom. The van der Waals surface area contributed by atoms with Crippen LogP contribution in [0.25, 0.3) is 0 Å². The number of hydrogen-bond acceptors (Lipinski definition) is 3. The Hall–Kier alpha value is -1.81. The van der Waals surface area contributed by atoms with Crippen LogP contribution in [0.5, 0.6) is 5.75 Å². The molecule has 1 atom stereocenters. The standard InChI is InChI=1S/C14H16FNO2/c1-9-3-5-12(18-9)8-16-10(2)13-6-4-11(17)7-14(13)15/h3-7,10,16-17H,8H2,1-2H3. The number of phenolic OH excluding ortho intramolecular Hbond substituents is 1. The Morgan fingerprint density at radius 3 is 2.72 bits per heavy atom. The van der Waals surface area contributed by atoms with Gasteiger partial charge in [0.1, 0.15) is 23.1 Å². The van der Waals surface area contributed by atoms with Crippen LogP contribution < -0.4 is 5.32 Å². The first kappa shape index (κ1) is 12.6. The first-order chi connectivity index (χ1) is 8.56. The molecule has 0 fully saturated rings. The van der Waals surface area contributed by atoms with E-state index in [4.69, 9.17) is 9.52 Å². The van der Waals surface area contributed by atoms with Gasteiger partial charge in [-0.15, -0.1) is 0 Å². The summed E-state index contributed by atoms with van der Waals surface area (Å²) in [5, 5.41) is 12.3. The molecule has 4 heteroatoms. The first-order valence-corrected chi connectivity index (χ1v) is 5.83. The van der Waals surface area contributed by atoms with Gasteiger partial charge in [0.15, 0.2) is 0 Å². The van der Waals surface area contributed by atoms with E-state index in [9.17, 15) is 4.39 Å². The van der Waals surface area contributed by atoms with Gasteiger partial charge >= 0.3 is 0 Å². The number of rotatable bonds is 4.